The fraction of sp³-hybridized carbons (Fsp3) is 0.696. The molecule has 7 heteroatoms. The van der Waals surface area contributed by atoms with Crippen LogP contribution in [0.4, 0.5) is 0 Å². The van der Waals surface area contributed by atoms with E-state index in [1.54, 1.807) is 6.20 Å². The number of pyridine rings is 1. The lowest BCUT2D eigenvalue weighted by atomic mass is 9.93. The lowest BCUT2D eigenvalue weighted by Gasteiger charge is -2.42. The number of nitrogens with zero attached hydrogens (tertiary/aromatic N) is 4. The van der Waals surface area contributed by atoms with Crippen LogP contribution >= 0.6 is 0 Å². The molecule has 30 heavy (non-hydrogen) atoms. The SMILES string of the molecule is O=C(NCc1ccccn1)[C@@H]1CCCN(C2CCN(CCN3CCCC3=O)CC2)C1. The minimum Gasteiger partial charge on any atom is -0.350 e. The second-order valence-electron chi connectivity index (χ2n) is 8.93. The summed E-state index contributed by atoms with van der Waals surface area (Å²) in [5.41, 5.74) is 0.904. The number of hydrogen-bond donors (Lipinski definition) is 1. The molecule has 1 aromatic rings. The summed E-state index contributed by atoms with van der Waals surface area (Å²) < 4.78 is 0. The van der Waals surface area contributed by atoms with Gasteiger partial charge < -0.3 is 15.1 Å². The van der Waals surface area contributed by atoms with Crippen molar-refractivity contribution in [2.45, 2.75) is 51.1 Å². The first-order chi connectivity index (χ1) is 14.7. The quantitative estimate of drug-likeness (QED) is 0.734. The molecule has 0 aliphatic carbocycles. The van der Waals surface area contributed by atoms with E-state index in [1.807, 2.05) is 23.1 Å². The van der Waals surface area contributed by atoms with Crippen LogP contribution in [-0.2, 0) is 16.1 Å². The van der Waals surface area contributed by atoms with Gasteiger partial charge in [0.25, 0.3) is 0 Å². The van der Waals surface area contributed by atoms with E-state index in [1.165, 1.54) is 0 Å². The van der Waals surface area contributed by atoms with Gasteiger partial charge in [-0.3, -0.25) is 19.5 Å². The van der Waals surface area contributed by atoms with Crippen LogP contribution in [0.2, 0.25) is 0 Å². The van der Waals surface area contributed by atoms with Crippen LogP contribution in [0.15, 0.2) is 24.4 Å². The molecule has 4 heterocycles. The number of nitrogens with one attached hydrogen (secondary N) is 1. The highest BCUT2D eigenvalue weighted by atomic mass is 16.2. The van der Waals surface area contributed by atoms with Gasteiger partial charge in [-0.1, -0.05) is 6.07 Å². The number of likely N-dealkylation sites (tertiary alicyclic amines) is 3. The summed E-state index contributed by atoms with van der Waals surface area (Å²) in [6.45, 7) is 7.50. The molecule has 3 saturated heterocycles. The number of amides is 2. The molecule has 0 aromatic carbocycles. The maximum atomic E-state index is 12.7. The van der Waals surface area contributed by atoms with Crippen LogP contribution in [-0.4, -0.2) is 83.4 Å². The molecule has 0 unspecified atom stereocenters. The van der Waals surface area contributed by atoms with Crippen molar-refractivity contribution in [3.8, 4) is 0 Å². The Bertz CT molecular complexity index is 705. The topological polar surface area (TPSA) is 68.8 Å². The fourth-order valence-electron chi connectivity index (χ4n) is 5.09. The molecule has 0 bridgehead atoms. The molecular formula is C23H35N5O2. The van der Waals surface area contributed by atoms with Crippen LogP contribution in [0.3, 0.4) is 0 Å². The molecule has 0 spiro atoms. The van der Waals surface area contributed by atoms with E-state index < -0.39 is 0 Å². The van der Waals surface area contributed by atoms with Gasteiger partial charge in [0.15, 0.2) is 0 Å². The Morgan fingerprint density at radius 2 is 1.93 bits per heavy atom. The molecule has 3 aliphatic rings. The minimum absolute atomic E-state index is 0.0849. The molecule has 4 rings (SSSR count). The standard InChI is InChI=1S/C23H35N5O2/c29-22-7-4-11-27(22)16-15-26-13-8-21(9-14-26)28-12-3-5-19(18-28)23(30)25-17-20-6-1-2-10-24-20/h1-2,6,10,19,21H,3-5,7-9,11-18H2,(H,25,30)/t19-/m1/s1. The van der Waals surface area contributed by atoms with Crippen molar-refractivity contribution in [2.75, 3.05) is 45.8 Å². The van der Waals surface area contributed by atoms with Crippen molar-refractivity contribution in [2.24, 2.45) is 5.92 Å². The van der Waals surface area contributed by atoms with Crippen molar-refractivity contribution >= 4 is 11.8 Å². The first-order valence-corrected chi connectivity index (χ1v) is 11.6. The van der Waals surface area contributed by atoms with Gasteiger partial charge in [0.1, 0.15) is 0 Å². The second kappa shape index (κ2) is 10.4. The predicted octanol–water partition coefficient (Wildman–Crippen LogP) is 1.50. The number of rotatable bonds is 7. The van der Waals surface area contributed by atoms with E-state index in [0.717, 1.165) is 90.0 Å². The van der Waals surface area contributed by atoms with Gasteiger partial charge in [0.2, 0.25) is 11.8 Å². The third kappa shape index (κ3) is 5.58. The van der Waals surface area contributed by atoms with E-state index in [2.05, 4.69) is 20.1 Å². The molecule has 1 atom stereocenters. The molecule has 2 amide bonds. The fourth-order valence-corrected chi connectivity index (χ4v) is 5.09. The third-order valence-corrected chi connectivity index (χ3v) is 6.92. The largest absolute Gasteiger partial charge is 0.350 e. The predicted molar refractivity (Wildman–Crippen MR) is 116 cm³/mol. The molecule has 0 saturated carbocycles. The number of carbonyl (C=O) groups is 2. The van der Waals surface area contributed by atoms with Crippen LogP contribution in [0.25, 0.3) is 0 Å². The minimum atomic E-state index is 0.0849. The Hall–Kier alpha value is -1.99. The molecule has 3 aliphatic heterocycles. The highest BCUT2D eigenvalue weighted by Crippen LogP contribution is 2.24. The summed E-state index contributed by atoms with van der Waals surface area (Å²) >= 11 is 0. The van der Waals surface area contributed by atoms with Crippen LogP contribution < -0.4 is 5.32 Å². The molecule has 3 fully saturated rings. The second-order valence-corrected chi connectivity index (χ2v) is 8.93. The van der Waals surface area contributed by atoms with Gasteiger partial charge in [-0.15, -0.1) is 0 Å². The Morgan fingerprint density at radius 3 is 2.67 bits per heavy atom. The Balaban J connectivity index is 1.18. The first kappa shape index (κ1) is 21.2. The van der Waals surface area contributed by atoms with E-state index in [0.29, 0.717) is 18.5 Å². The lowest BCUT2D eigenvalue weighted by Crippen LogP contribution is -2.51. The average molecular weight is 414 g/mol. The van der Waals surface area contributed by atoms with Crippen LogP contribution in [0, 0.1) is 5.92 Å². The van der Waals surface area contributed by atoms with Gasteiger partial charge in [-0.25, -0.2) is 0 Å². The summed E-state index contributed by atoms with van der Waals surface area (Å²) in [4.78, 5) is 35.8. The Labute approximate surface area is 179 Å². The molecule has 1 N–H and O–H groups in total. The summed E-state index contributed by atoms with van der Waals surface area (Å²) in [5, 5.41) is 3.08. The molecule has 1 aromatic heterocycles. The summed E-state index contributed by atoms with van der Waals surface area (Å²) in [7, 11) is 0. The maximum absolute atomic E-state index is 12.7. The first-order valence-electron chi connectivity index (χ1n) is 11.6. The molecule has 7 nitrogen and oxygen atoms in total. The van der Waals surface area contributed by atoms with Crippen molar-refractivity contribution in [3.63, 3.8) is 0 Å². The van der Waals surface area contributed by atoms with E-state index in [-0.39, 0.29) is 11.8 Å². The highest BCUT2D eigenvalue weighted by molar-refractivity contribution is 5.79. The molecule has 0 radical (unpaired) electrons. The van der Waals surface area contributed by atoms with Gasteiger partial charge in [-0.05, 0) is 63.9 Å². The van der Waals surface area contributed by atoms with Crippen molar-refractivity contribution in [1.29, 1.82) is 0 Å². The van der Waals surface area contributed by atoms with Crippen molar-refractivity contribution < 1.29 is 9.59 Å². The van der Waals surface area contributed by atoms with Gasteiger partial charge in [0.05, 0.1) is 18.2 Å². The van der Waals surface area contributed by atoms with Crippen LogP contribution in [0.5, 0.6) is 0 Å². The van der Waals surface area contributed by atoms with Crippen molar-refractivity contribution in [1.82, 2.24) is 25.0 Å². The molecular weight excluding hydrogens is 378 g/mol. The van der Waals surface area contributed by atoms with Gasteiger partial charge in [-0.2, -0.15) is 0 Å². The molecule has 164 valence electrons. The number of aromatic nitrogens is 1. The van der Waals surface area contributed by atoms with Crippen molar-refractivity contribution in [3.05, 3.63) is 30.1 Å². The average Bonchev–Trinajstić information content (AvgIpc) is 3.22. The summed E-state index contributed by atoms with van der Waals surface area (Å²) in [6, 6.07) is 6.37. The maximum Gasteiger partial charge on any atom is 0.224 e. The smallest absolute Gasteiger partial charge is 0.224 e. The van der Waals surface area contributed by atoms with E-state index in [4.69, 9.17) is 0 Å². The monoisotopic (exact) mass is 413 g/mol. The third-order valence-electron chi connectivity index (χ3n) is 6.92. The Morgan fingerprint density at radius 1 is 1.07 bits per heavy atom. The number of hydrogen-bond acceptors (Lipinski definition) is 5. The number of piperidine rings is 2. The van der Waals surface area contributed by atoms with Gasteiger partial charge in [0, 0.05) is 44.8 Å². The summed E-state index contributed by atoms with van der Waals surface area (Å²) in [6.07, 6.45) is 7.91. The van der Waals surface area contributed by atoms with Crippen LogP contribution in [0.1, 0.15) is 44.2 Å². The Kier molecular flexibility index (Phi) is 7.33. The van der Waals surface area contributed by atoms with E-state index in [9.17, 15) is 9.59 Å². The zero-order valence-corrected chi connectivity index (χ0v) is 18.0. The lowest BCUT2D eigenvalue weighted by molar-refractivity contribution is -0.128. The normalized spacial score (nSPS) is 24.3. The van der Waals surface area contributed by atoms with E-state index >= 15 is 0 Å². The summed E-state index contributed by atoms with van der Waals surface area (Å²) in [5.74, 6) is 0.574. The van der Waals surface area contributed by atoms with Gasteiger partial charge >= 0.3 is 0 Å². The zero-order valence-electron chi connectivity index (χ0n) is 18.0. The zero-order chi connectivity index (χ0) is 20.8. The highest BCUT2D eigenvalue weighted by Gasteiger charge is 2.32. The number of carbonyl (C=O) groups excluding carboxylic acids is 2.